The van der Waals surface area contributed by atoms with Crippen LogP contribution in [-0.4, -0.2) is 53.9 Å². The first-order valence-electron chi connectivity index (χ1n) is 10.5. The van der Waals surface area contributed by atoms with E-state index in [0.29, 0.717) is 17.7 Å². The number of aliphatic hydroxyl groups excluding tert-OH is 1. The highest BCUT2D eigenvalue weighted by Gasteiger charge is 2.34. The fourth-order valence-corrected chi connectivity index (χ4v) is 3.68. The number of rotatable bonds is 3. The number of nitrogens with one attached hydrogen (secondary N) is 1. The van der Waals surface area contributed by atoms with Crippen molar-refractivity contribution in [3.63, 3.8) is 0 Å². The number of hydrogen-bond acceptors (Lipinski definition) is 5. The SMILES string of the molecule is C/C=C(O)\C(=C/C(C)C)C1=NC2C=CCCC2C(N2CCNCC2)=N1.CC. The molecule has 0 saturated carbocycles. The van der Waals surface area contributed by atoms with E-state index in [2.05, 4.69) is 42.3 Å². The number of nitrogens with zero attached hydrogens (tertiary/aromatic N) is 3. The molecule has 3 rings (SSSR count). The molecule has 0 aromatic rings. The van der Waals surface area contributed by atoms with E-state index in [1.807, 2.05) is 20.8 Å². The summed E-state index contributed by atoms with van der Waals surface area (Å²) < 4.78 is 0. The van der Waals surface area contributed by atoms with Crippen LogP contribution in [0.1, 0.15) is 47.5 Å². The van der Waals surface area contributed by atoms with Gasteiger partial charge < -0.3 is 15.3 Å². The van der Waals surface area contributed by atoms with Gasteiger partial charge >= 0.3 is 0 Å². The highest BCUT2D eigenvalue weighted by Crippen LogP contribution is 2.30. The number of aliphatic imine (C=N–C) groups is 2. The van der Waals surface area contributed by atoms with E-state index in [9.17, 15) is 5.11 Å². The number of fused-ring (bicyclic) bond motifs is 1. The van der Waals surface area contributed by atoms with Crippen molar-refractivity contribution in [1.82, 2.24) is 10.2 Å². The fourth-order valence-electron chi connectivity index (χ4n) is 3.68. The first-order chi connectivity index (χ1) is 13.1. The topological polar surface area (TPSA) is 60.2 Å². The van der Waals surface area contributed by atoms with Gasteiger partial charge in [-0.1, -0.05) is 45.9 Å². The lowest BCUT2D eigenvalue weighted by Crippen LogP contribution is -2.51. The number of allylic oxidation sites excluding steroid dienone is 3. The summed E-state index contributed by atoms with van der Waals surface area (Å²) in [5.74, 6) is 2.76. The van der Waals surface area contributed by atoms with Crippen LogP contribution in [0.25, 0.3) is 0 Å². The van der Waals surface area contributed by atoms with Crippen LogP contribution in [0.15, 0.2) is 45.6 Å². The molecule has 2 N–H and O–H groups in total. The quantitative estimate of drug-likeness (QED) is 0.445. The van der Waals surface area contributed by atoms with E-state index in [4.69, 9.17) is 9.98 Å². The Labute approximate surface area is 164 Å². The van der Waals surface area contributed by atoms with Crippen molar-refractivity contribution in [2.45, 2.75) is 53.5 Å². The summed E-state index contributed by atoms with van der Waals surface area (Å²) >= 11 is 0. The second-order valence-electron chi connectivity index (χ2n) is 7.26. The second-order valence-corrected chi connectivity index (χ2v) is 7.26. The van der Waals surface area contributed by atoms with Crippen LogP contribution in [0, 0.1) is 11.8 Å². The Bertz CT molecular complexity index is 637. The standard InChI is InChI=1S/C20H30N4O.C2H6/c1-4-18(25)16(13-14(2)3)19-22-17-8-6-5-7-15(17)20(23-19)24-11-9-21-10-12-24;1-2/h4,6,8,13-15,17,21,25H,5,7,9-12H2,1-3H3;1-2H3/b16-13+,18-4+;. The van der Waals surface area contributed by atoms with Gasteiger partial charge in [0.15, 0.2) is 5.84 Å². The van der Waals surface area contributed by atoms with Gasteiger partial charge in [0.2, 0.25) is 0 Å². The van der Waals surface area contributed by atoms with Crippen molar-refractivity contribution in [1.29, 1.82) is 0 Å². The lowest BCUT2D eigenvalue weighted by Gasteiger charge is -2.39. The van der Waals surface area contributed by atoms with Crippen molar-refractivity contribution in [3.05, 3.63) is 35.6 Å². The van der Waals surface area contributed by atoms with Gasteiger partial charge in [0, 0.05) is 32.1 Å². The summed E-state index contributed by atoms with van der Waals surface area (Å²) in [4.78, 5) is 12.3. The Morgan fingerprint density at radius 2 is 2.00 bits per heavy atom. The lowest BCUT2D eigenvalue weighted by molar-refractivity contribution is 0.329. The van der Waals surface area contributed by atoms with E-state index >= 15 is 0 Å². The Kier molecular flexibility index (Phi) is 8.29. The minimum Gasteiger partial charge on any atom is -0.508 e. The summed E-state index contributed by atoms with van der Waals surface area (Å²) in [5.41, 5.74) is 0.752. The van der Waals surface area contributed by atoms with Gasteiger partial charge in [0.1, 0.15) is 11.6 Å². The van der Waals surface area contributed by atoms with E-state index in [0.717, 1.165) is 50.4 Å². The van der Waals surface area contributed by atoms with Gasteiger partial charge in [-0.3, -0.25) is 4.99 Å². The molecule has 0 aromatic heterocycles. The molecule has 1 saturated heterocycles. The van der Waals surface area contributed by atoms with Crippen molar-refractivity contribution < 1.29 is 5.11 Å². The molecule has 1 aliphatic carbocycles. The van der Waals surface area contributed by atoms with E-state index in [1.54, 1.807) is 6.08 Å². The molecule has 0 aromatic carbocycles. The Morgan fingerprint density at radius 3 is 2.63 bits per heavy atom. The first-order valence-corrected chi connectivity index (χ1v) is 10.5. The second kappa shape index (κ2) is 10.5. The van der Waals surface area contributed by atoms with Gasteiger partial charge in [0.25, 0.3) is 0 Å². The van der Waals surface area contributed by atoms with Crippen molar-refractivity contribution in [2.75, 3.05) is 26.2 Å². The molecular formula is C22H36N4O. The molecule has 5 nitrogen and oxygen atoms in total. The zero-order valence-corrected chi connectivity index (χ0v) is 17.6. The van der Waals surface area contributed by atoms with Gasteiger partial charge in [-0.05, 0) is 31.8 Å². The summed E-state index contributed by atoms with van der Waals surface area (Å²) in [7, 11) is 0. The molecule has 3 aliphatic rings. The summed E-state index contributed by atoms with van der Waals surface area (Å²) in [6.45, 7) is 14.0. The molecule has 0 bridgehead atoms. The summed E-state index contributed by atoms with van der Waals surface area (Å²) in [6, 6.07) is 0.131. The van der Waals surface area contributed by atoms with Gasteiger partial charge in [-0.2, -0.15) is 0 Å². The predicted octanol–water partition coefficient (Wildman–Crippen LogP) is 4.11. The molecule has 27 heavy (non-hydrogen) atoms. The van der Waals surface area contributed by atoms with Crippen molar-refractivity contribution >= 4 is 11.7 Å². The van der Waals surface area contributed by atoms with Gasteiger partial charge in [-0.25, -0.2) is 4.99 Å². The number of aliphatic hydroxyl groups is 1. The van der Waals surface area contributed by atoms with Gasteiger partial charge in [-0.15, -0.1) is 0 Å². The van der Waals surface area contributed by atoms with Crippen LogP contribution in [-0.2, 0) is 0 Å². The minimum atomic E-state index is 0.131. The third-order valence-corrected chi connectivity index (χ3v) is 4.94. The number of hydrogen-bond donors (Lipinski definition) is 2. The van der Waals surface area contributed by atoms with E-state index in [1.165, 1.54) is 0 Å². The first kappa shape index (κ1) is 21.4. The van der Waals surface area contributed by atoms with Crippen molar-refractivity contribution in [3.8, 4) is 0 Å². The molecule has 0 spiro atoms. The average Bonchev–Trinajstić information content (AvgIpc) is 2.72. The van der Waals surface area contributed by atoms with Crippen LogP contribution >= 0.6 is 0 Å². The number of amidine groups is 2. The summed E-state index contributed by atoms with van der Waals surface area (Å²) in [6.07, 6.45) is 10.4. The molecule has 1 fully saturated rings. The molecule has 2 atom stereocenters. The van der Waals surface area contributed by atoms with Crippen LogP contribution < -0.4 is 5.32 Å². The van der Waals surface area contributed by atoms with Crippen LogP contribution in [0.3, 0.4) is 0 Å². The third kappa shape index (κ3) is 5.32. The van der Waals surface area contributed by atoms with Crippen LogP contribution in [0.5, 0.6) is 0 Å². The van der Waals surface area contributed by atoms with E-state index < -0.39 is 0 Å². The molecule has 2 unspecified atom stereocenters. The number of piperazine rings is 1. The monoisotopic (exact) mass is 372 g/mol. The van der Waals surface area contributed by atoms with Crippen LogP contribution in [0.4, 0.5) is 0 Å². The Balaban J connectivity index is 0.00000126. The smallest absolute Gasteiger partial charge is 0.160 e. The lowest BCUT2D eigenvalue weighted by atomic mass is 9.86. The molecule has 5 heteroatoms. The maximum atomic E-state index is 10.4. The van der Waals surface area contributed by atoms with Gasteiger partial charge in [0.05, 0.1) is 11.6 Å². The maximum absolute atomic E-state index is 10.4. The molecular weight excluding hydrogens is 336 g/mol. The third-order valence-electron chi connectivity index (χ3n) is 4.94. The average molecular weight is 373 g/mol. The minimum absolute atomic E-state index is 0.131. The Hall–Kier alpha value is -1.88. The molecule has 150 valence electrons. The highest BCUT2D eigenvalue weighted by atomic mass is 16.3. The summed E-state index contributed by atoms with van der Waals surface area (Å²) in [5, 5.41) is 13.8. The van der Waals surface area contributed by atoms with Crippen LogP contribution in [0.2, 0.25) is 0 Å². The maximum Gasteiger partial charge on any atom is 0.160 e. The zero-order chi connectivity index (χ0) is 19.8. The zero-order valence-electron chi connectivity index (χ0n) is 17.6. The van der Waals surface area contributed by atoms with Crippen molar-refractivity contribution in [2.24, 2.45) is 21.8 Å². The predicted molar refractivity (Wildman–Crippen MR) is 116 cm³/mol. The molecule has 2 heterocycles. The molecule has 0 radical (unpaired) electrons. The highest BCUT2D eigenvalue weighted by molar-refractivity contribution is 6.10. The van der Waals surface area contributed by atoms with E-state index in [-0.39, 0.29) is 11.8 Å². The molecule has 2 aliphatic heterocycles. The fraction of sp³-hybridized carbons (Fsp3) is 0.636. The Morgan fingerprint density at radius 1 is 1.30 bits per heavy atom. The molecule has 0 amide bonds. The normalized spacial score (nSPS) is 26.1. The largest absolute Gasteiger partial charge is 0.508 e.